The minimum atomic E-state index is -3.78. The van der Waals surface area contributed by atoms with E-state index in [9.17, 15) is 13.2 Å². The van der Waals surface area contributed by atoms with Crippen molar-refractivity contribution in [2.24, 2.45) is 0 Å². The van der Waals surface area contributed by atoms with Gasteiger partial charge in [0.1, 0.15) is 5.75 Å². The predicted octanol–water partition coefficient (Wildman–Crippen LogP) is 5.01. The monoisotopic (exact) mass is 438 g/mol. The van der Waals surface area contributed by atoms with Crippen LogP contribution in [0, 0.1) is 6.92 Å². The topological polar surface area (TPSA) is 84.5 Å². The number of rotatable bonds is 8. The SMILES string of the molecule is CCOc1ccc(NS(=O)(=O)c2ccc(C(=O)Nc3c(C)cccc3CC)cc2)cc1. The molecule has 0 saturated carbocycles. The molecule has 1 amide bonds. The number of carbonyl (C=O) groups excluding carboxylic acids is 1. The van der Waals surface area contributed by atoms with Crippen molar-refractivity contribution in [1.82, 2.24) is 0 Å². The molecule has 0 unspecified atom stereocenters. The van der Waals surface area contributed by atoms with Crippen LogP contribution in [0.4, 0.5) is 11.4 Å². The minimum Gasteiger partial charge on any atom is -0.494 e. The molecule has 0 fully saturated rings. The highest BCUT2D eigenvalue weighted by atomic mass is 32.2. The van der Waals surface area contributed by atoms with Gasteiger partial charge in [-0.25, -0.2) is 8.42 Å². The molecule has 0 saturated heterocycles. The first-order valence-electron chi connectivity index (χ1n) is 10.1. The third kappa shape index (κ3) is 5.44. The summed E-state index contributed by atoms with van der Waals surface area (Å²) in [4.78, 5) is 12.8. The number of hydrogen-bond acceptors (Lipinski definition) is 4. The van der Waals surface area contributed by atoms with E-state index in [0.717, 1.165) is 23.2 Å². The van der Waals surface area contributed by atoms with Crippen molar-refractivity contribution in [3.63, 3.8) is 0 Å². The van der Waals surface area contributed by atoms with Crippen molar-refractivity contribution in [1.29, 1.82) is 0 Å². The van der Waals surface area contributed by atoms with Crippen LogP contribution in [0.3, 0.4) is 0 Å². The van der Waals surface area contributed by atoms with Crippen LogP contribution in [0.25, 0.3) is 0 Å². The van der Waals surface area contributed by atoms with Crippen molar-refractivity contribution in [2.45, 2.75) is 32.1 Å². The lowest BCUT2D eigenvalue weighted by Gasteiger charge is -2.13. The number of hydrogen-bond donors (Lipinski definition) is 2. The van der Waals surface area contributed by atoms with Gasteiger partial charge in [0.15, 0.2) is 0 Å². The second-order valence-corrected chi connectivity index (χ2v) is 8.69. The summed E-state index contributed by atoms with van der Waals surface area (Å²) in [6.45, 7) is 6.39. The smallest absolute Gasteiger partial charge is 0.261 e. The molecule has 31 heavy (non-hydrogen) atoms. The Kier molecular flexibility index (Phi) is 6.97. The number of carbonyl (C=O) groups is 1. The normalized spacial score (nSPS) is 11.1. The first-order chi connectivity index (χ1) is 14.8. The van der Waals surface area contributed by atoms with Crippen LogP contribution in [0.2, 0.25) is 0 Å². The van der Waals surface area contributed by atoms with Gasteiger partial charge in [-0.05, 0) is 79.9 Å². The summed E-state index contributed by atoms with van der Waals surface area (Å²) in [5.74, 6) is 0.383. The maximum atomic E-state index is 12.7. The maximum absolute atomic E-state index is 12.7. The van der Waals surface area contributed by atoms with Gasteiger partial charge in [-0.2, -0.15) is 0 Å². The average Bonchev–Trinajstić information content (AvgIpc) is 2.76. The van der Waals surface area contributed by atoms with Crippen LogP contribution in [0.15, 0.2) is 71.6 Å². The Morgan fingerprint density at radius 1 is 0.935 bits per heavy atom. The van der Waals surface area contributed by atoms with Crippen LogP contribution >= 0.6 is 0 Å². The number of sulfonamides is 1. The molecule has 3 rings (SSSR count). The number of para-hydroxylation sites is 1. The van der Waals surface area contributed by atoms with Crippen molar-refractivity contribution >= 4 is 27.3 Å². The fraction of sp³-hybridized carbons (Fsp3) is 0.208. The Balaban J connectivity index is 1.73. The van der Waals surface area contributed by atoms with Crippen molar-refractivity contribution in [2.75, 3.05) is 16.6 Å². The molecule has 0 aromatic heterocycles. The van der Waals surface area contributed by atoms with Gasteiger partial charge in [-0.3, -0.25) is 9.52 Å². The molecular formula is C24H26N2O4S. The van der Waals surface area contributed by atoms with Gasteiger partial charge in [0.25, 0.3) is 15.9 Å². The molecule has 0 spiro atoms. The van der Waals surface area contributed by atoms with E-state index in [4.69, 9.17) is 4.74 Å². The lowest BCUT2D eigenvalue weighted by Crippen LogP contribution is -2.16. The summed E-state index contributed by atoms with van der Waals surface area (Å²) in [5, 5.41) is 2.94. The zero-order chi connectivity index (χ0) is 22.4. The van der Waals surface area contributed by atoms with Crippen LogP contribution in [0.5, 0.6) is 5.75 Å². The van der Waals surface area contributed by atoms with Crippen molar-refractivity contribution in [3.05, 3.63) is 83.4 Å². The number of anilines is 2. The molecule has 0 radical (unpaired) electrons. The molecule has 7 heteroatoms. The first kappa shape index (κ1) is 22.4. The number of aryl methyl sites for hydroxylation is 2. The molecule has 0 aliphatic carbocycles. The second-order valence-electron chi connectivity index (χ2n) is 7.00. The van der Waals surface area contributed by atoms with Crippen LogP contribution in [-0.2, 0) is 16.4 Å². The van der Waals surface area contributed by atoms with E-state index in [2.05, 4.69) is 10.0 Å². The lowest BCUT2D eigenvalue weighted by atomic mass is 10.1. The van der Waals surface area contributed by atoms with E-state index in [0.29, 0.717) is 23.6 Å². The third-order valence-corrected chi connectivity index (χ3v) is 6.22. The van der Waals surface area contributed by atoms with Crippen LogP contribution < -0.4 is 14.8 Å². The quantitative estimate of drug-likeness (QED) is 0.518. The summed E-state index contributed by atoms with van der Waals surface area (Å²) in [5.41, 5.74) is 3.63. The standard InChI is InChI=1S/C24H26N2O4S/c1-4-18-8-6-7-17(3)23(18)25-24(27)19-9-15-22(16-10-19)31(28,29)26-20-11-13-21(14-12-20)30-5-2/h6-16,26H,4-5H2,1-3H3,(H,25,27). The molecule has 3 aromatic carbocycles. The molecule has 162 valence electrons. The minimum absolute atomic E-state index is 0.0723. The first-order valence-corrected chi connectivity index (χ1v) is 11.6. The number of benzene rings is 3. The van der Waals surface area contributed by atoms with Gasteiger partial charge in [0, 0.05) is 16.9 Å². The van der Waals surface area contributed by atoms with Gasteiger partial charge in [0.2, 0.25) is 0 Å². The number of amides is 1. The molecule has 0 aliphatic rings. The Bertz CT molecular complexity index is 1160. The molecule has 0 atom stereocenters. The predicted molar refractivity (Wildman–Crippen MR) is 123 cm³/mol. The highest BCUT2D eigenvalue weighted by molar-refractivity contribution is 7.92. The molecule has 0 heterocycles. The summed E-state index contributed by atoms with van der Waals surface area (Å²) in [7, 11) is -3.78. The summed E-state index contributed by atoms with van der Waals surface area (Å²) < 4.78 is 33.2. The highest BCUT2D eigenvalue weighted by Gasteiger charge is 2.16. The Morgan fingerprint density at radius 2 is 1.61 bits per heavy atom. The molecule has 0 bridgehead atoms. The fourth-order valence-electron chi connectivity index (χ4n) is 3.17. The third-order valence-electron chi connectivity index (χ3n) is 4.82. The molecule has 2 N–H and O–H groups in total. The van der Waals surface area contributed by atoms with Crippen LogP contribution in [-0.4, -0.2) is 20.9 Å². The summed E-state index contributed by atoms with van der Waals surface area (Å²) in [6, 6.07) is 18.4. The van der Waals surface area contributed by atoms with E-state index in [1.165, 1.54) is 24.3 Å². The Labute approximate surface area is 183 Å². The average molecular weight is 439 g/mol. The van der Waals surface area contributed by atoms with E-state index in [1.54, 1.807) is 24.3 Å². The van der Waals surface area contributed by atoms with Gasteiger partial charge in [-0.1, -0.05) is 25.1 Å². The van der Waals surface area contributed by atoms with Crippen molar-refractivity contribution in [3.8, 4) is 5.75 Å². The molecular weight excluding hydrogens is 412 g/mol. The Hall–Kier alpha value is -3.32. The fourth-order valence-corrected chi connectivity index (χ4v) is 4.23. The van der Waals surface area contributed by atoms with E-state index >= 15 is 0 Å². The van der Waals surface area contributed by atoms with Crippen LogP contribution in [0.1, 0.15) is 35.3 Å². The van der Waals surface area contributed by atoms with E-state index in [-0.39, 0.29) is 10.8 Å². The van der Waals surface area contributed by atoms with E-state index in [1.807, 2.05) is 39.0 Å². The zero-order valence-corrected chi connectivity index (χ0v) is 18.6. The van der Waals surface area contributed by atoms with Gasteiger partial charge in [-0.15, -0.1) is 0 Å². The second kappa shape index (κ2) is 9.66. The maximum Gasteiger partial charge on any atom is 0.261 e. The van der Waals surface area contributed by atoms with Gasteiger partial charge in [0.05, 0.1) is 11.5 Å². The molecule has 0 aliphatic heterocycles. The molecule has 3 aromatic rings. The zero-order valence-electron chi connectivity index (χ0n) is 17.8. The molecule has 6 nitrogen and oxygen atoms in total. The van der Waals surface area contributed by atoms with E-state index < -0.39 is 10.0 Å². The van der Waals surface area contributed by atoms with Gasteiger partial charge < -0.3 is 10.1 Å². The van der Waals surface area contributed by atoms with Gasteiger partial charge >= 0.3 is 0 Å². The highest BCUT2D eigenvalue weighted by Crippen LogP contribution is 2.23. The summed E-state index contributed by atoms with van der Waals surface area (Å²) in [6.07, 6.45) is 0.797. The largest absolute Gasteiger partial charge is 0.494 e. The number of ether oxygens (including phenoxy) is 1. The number of nitrogens with one attached hydrogen (secondary N) is 2. The Morgan fingerprint density at radius 3 is 2.23 bits per heavy atom. The lowest BCUT2D eigenvalue weighted by molar-refractivity contribution is 0.102. The van der Waals surface area contributed by atoms with Crippen molar-refractivity contribution < 1.29 is 17.9 Å². The summed E-state index contributed by atoms with van der Waals surface area (Å²) >= 11 is 0.